The molecule has 1 atom stereocenters. The first-order chi connectivity index (χ1) is 9.43. The molecule has 5 nitrogen and oxygen atoms in total. The lowest BCUT2D eigenvalue weighted by atomic mass is 10.1. The highest BCUT2D eigenvalue weighted by Crippen LogP contribution is 2.19. The molecule has 0 aliphatic heterocycles. The number of H-pyrrole nitrogens is 1. The molecule has 2 heterocycles. The van der Waals surface area contributed by atoms with Crippen LogP contribution in [0.25, 0.3) is 0 Å². The number of nitrogens with one attached hydrogen (secondary N) is 1. The Kier molecular flexibility index (Phi) is 4.09. The van der Waals surface area contributed by atoms with Crippen molar-refractivity contribution >= 4 is 11.6 Å². The summed E-state index contributed by atoms with van der Waals surface area (Å²) < 4.78 is 1.18. The van der Waals surface area contributed by atoms with E-state index in [0.717, 1.165) is 5.56 Å². The molecule has 0 amide bonds. The lowest BCUT2D eigenvalue weighted by molar-refractivity contribution is 0.565. The molecule has 0 saturated heterocycles. The Bertz CT molecular complexity index is 719. The summed E-state index contributed by atoms with van der Waals surface area (Å²) in [6.45, 7) is 5.51. The molecule has 1 N–H and O–H groups in total. The Morgan fingerprint density at radius 3 is 2.55 bits per heavy atom. The summed E-state index contributed by atoms with van der Waals surface area (Å²) >= 11 is 5.97. The molecule has 0 bridgehead atoms. The molecule has 20 heavy (non-hydrogen) atoms. The fourth-order valence-corrected chi connectivity index (χ4v) is 2.54. The van der Waals surface area contributed by atoms with E-state index in [1.54, 1.807) is 25.4 Å². The molecule has 106 valence electrons. The molecule has 6 heteroatoms. The zero-order valence-corrected chi connectivity index (χ0v) is 12.3. The Balaban J connectivity index is 2.67. The van der Waals surface area contributed by atoms with E-state index in [0.29, 0.717) is 5.56 Å². The fraction of sp³-hybridized carbons (Fsp3) is 0.357. The van der Waals surface area contributed by atoms with E-state index in [9.17, 15) is 9.59 Å². The van der Waals surface area contributed by atoms with Gasteiger partial charge in [-0.05, 0) is 24.5 Å². The molecular formula is C14H16ClN3O2. The topological polar surface area (TPSA) is 67.8 Å². The highest BCUT2D eigenvalue weighted by atomic mass is 35.5. The average Bonchev–Trinajstić information content (AvgIpc) is 2.38. The minimum atomic E-state index is -0.513. The number of nitrogens with zero attached hydrogens (tertiary/aromatic N) is 2. The number of rotatable bonds is 3. The molecular weight excluding hydrogens is 278 g/mol. The van der Waals surface area contributed by atoms with Gasteiger partial charge < -0.3 is 0 Å². The molecule has 0 aliphatic rings. The number of aromatic nitrogens is 3. The van der Waals surface area contributed by atoms with Crippen LogP contribution in [0.2, 0.25) is 5.15 Å². The van der Waals surface area contributed by atoms with Gasteiger partial charge in [-0.25, -0.2) is 4.79 Å². The van der Waals surface area contributed by atoms with Gasteiger partial charge in [0.25, 0.3) is 5.56 Å². The SMILES string of the molecule is CC(C)c1c(Cl)[nH]c(=O)n(C(C)c2cccnc2)c1=O. The standard InChI is InChI=1S/C14H16ClN3O2/c1-8(2)11-12(15)17-14(20)18(13(11)19)9(3)10-5-4-6-16-7-10/h4-9H,1-3H3,(H,17,20). The van der Waals surface area contributed by atoms with Crippen LogP contribution in [0.15, 0.2) is 34.1 Å². The van der Waals surface area contributed by atoms with Crippen molar-refractivity contribution in [3.05, 3.63) is 61.6 Å². The van der Waals surface area contributed by atoms with E-state index in [4.69, 9.17) is 11.6 Å². The Morgan fingerprint density at radius 1 is 1.30 bits per heavy atom. The summed E-state index contributed by atoms with van der Waals surface area (Å²) in [6.07, 6.45) is 3.28. The van der Waals surface area contributed by atoms with Crippen molar-refractivity contribution in [2.45, 2.75) is 32.7 Å². The van der Waals surface area contributed by atoms with E-state index in [2.05, 4.69) is 9.97 Å². The second-order valence-corrected chi connectivity index (χ2v) is 5.33. The van der Waals surface area contributed by atoms with E-state index < -0.39 is 11.7 Å². The third-order valence-electron chi connectivity index (χ3n) is 3.25. The van der Waals surface area contributed by atoms with Gasteiger partial charge in [-0.3, -0.25) is 19.3 Å². The van der Waals surface area contributed by atoms with E-state index in [1.807, 2.05) is 19.9 Å². The first-order valence-corrected chi connectivity index (χ1v) is 6.75. The third-order valence-corrected chi connectivity index (χ3v) is 3.55. The number of hydrogen-bond donors (Lipinski definition) is 1. The van der Waals surface area contributed by atoms with Gasteiger partial charge in [0.15, 0.2) is 0 Å². The van der Waals surface area contributed by atoms with Gasteiger partial charge in [-0.1, -0.05) is 31.5 Å². The molecule has 0 radical (unpaired) electrons. The number of aromatic amines is 1. The average molecular weight is 294 g/mol. The normalized spacial score (nSPS) is 12.7. The monoisotopic (exact) mass is 293 g/mol. The Labute approximate surface area is 121 Å². The number of halogens is 1. The van der Waals surface area contributed by atoms with Crippen LogP contribution in [0, 0.1) is 0 Å². The highest BCUT2D eigenvalue weighted by molar-refractivity contribution is 6.30. The van der Waals surface area contributed by atoms with Crippen LogP contribution < -0.4 is 11.2 Å². The van der Waals surface area contributed by atoms with Gasteiger partial charge in [-0.15, -0.1) is 0 Å². The van der Waals surface area contributed by atoms with Crippen LogP contribution in [-0.2, 0) is 0 Å². The largest absolute Gasteiger partial charge is 0.330 e. The van der Waals surface area contributed by atoms with Crippen molar-refractivity contribution in [2.24, 2.45) is 0 Å². The molecule has 2 rings (SSSR count). The van der Waals surface area contributed by atoms with Gasteiger partial charge in [0.05, 0.1) is 11.6 Å². The third kappa shape index (κ3) is 2.54. The van der Waals surface area contributed by atoms with Gasteiger partial charge in [0.1, 0.15) is 5.15 Å². The quantitative estimate of drug-likeness (QED) is 0.883. The first-order valence-electron chi connectivity index (χ1n) is 6.37. The summed E-state index contributed by atoms with van der Waals surface area (Å²) in [5, 5.41) is 0.115. The van der Waals surface area contributed by atoms with Crippen molar-refractivity contribution in [2.75, 3.05) is 0 Å². The minimum Gasteiger partial charge on any atom is -0.297 e. The predicted octanol–water partition coefficient (Wildman–Crippen LogP) is 2.32. The maximum atomic E-state index is 12.5. The Morgan fingerprint density at radius 2 is 2.00 bits per heavy atom. The van der Waals surface area contributed by atoms with Crippen LogP contribution >= 0.6 is 11.6 Å². The van der Waals surface area contributed by atoms with Crippen molar-refractivity contribution in [1.29, 1.82) is 0 Å². The van der Waals surface area contributed by atoms with Gasteiger partial charge in [-0.2, -0.15) is 0 Å². The molecule has 0 spiro atoms. The van der Waals surface area contributed by atoms with Crippen molar-refractivity contribution in [3.63, 3.8) is 0 Å². The first kappa shape index (κ1) is 14.5. The summed E-state index contributed by atoms with van der Waals surface area (Å²) in [6, 6.07) is 3.19. The number of pyridine rings is 1. The number of hydrogen-bond acceptors (Lipinski definition) is 3. The zero-order chi connectivity index (χ0) is 14.9. The summed E-state index contributed by atoms with van der Waals surface area (Å²) in [5.41, 5.74) is 0.338. The molecule has 0 fully saturated rings. The van der Waals surface area contributed by atoms with Crippen molar-refractivity contribution < 1.29 is 0 Å². The summed E-state index contributed by atoms with van der Waals surface area (Å²) in [7, 11) is 0. The fourth-order valence-electron chi connectivity index (χ4n) is 2.16. The van der Waals surface area contributed by atoms with Crippen LogP contribution in [0.4, 0.5) is 0 Å². The molecule has 0 aromatic carbocycles. The minimum absolute atomic E-state index is 0.0702. The maximum Gasteiger partial charge on any atom is 0.330 e. The summed E-state index contributed by atoms with van der Waals surface area (Å²) in [4.78, 5) is 31.1. The van der Waals surface area contributed by atoms with Crippen molar-refractivity contribution in [1.82, 2.24) is 14.5 Å². The molecule has 0 aliphatic carbocycles. The smallest absolute Gasteiger partial charge is 0.297 e. The molecule has 1 unspecified atom stereocenters. The molecule has 2 aromatic heterocycles. The lowest BCUT2D eigenvalue weighted by Gasteiger charge is -2.17. The Hall–Kier alpha value is -1.88. The summed E-state index contributed by atoms with van der Waals surface area (Å²) in [5.74, 6) is -0.0702. The second-order valence-electron chi connectivity index (χ2n) is 4.95. The van der Waals surface area contributed by atoms with Crippen LogP contribution in [0.5, 0.6) is 0 Å². The van der Waals surface area contributed by atoms with Gasteiger partial charge >= 0.3 is 5.69 Å². The molecule has 2 aromatic rings. The predicted molar refractivity (Wildman–Crippen MR) is 78.5 cm³/mol. The molecule has 0 saturated carbocycles. The van der Waals surface area contributed by atoms with Gasteiger partial charge in [0, 0.05) is 12.4 Å². The van der Waals surface area contributed by atoms with Crippen molar-refractivity contribution in [3.8, 4) is 0 Å². The van der Waals surface area contributed by atoms with E-state index in [1.165, 1.54) is 4.57 Å². The highest BCUT2D eigenvalue weighted by Gasteiger charge is 2.19. The zero-order valence-electron chi connectivity index (χ0n) is 11.6. The van der Waals surface area contributed by atoms with Crippen LogP contribution in [0.1, 0.15) is 43.9 Å². The van der Waals surface area contributed by atoms with Crippen LogP contribution in [-0.4, -0.2) is 14.5 Å². The second kappa shape index (κ2) is 5.63. The van der Waals surface area contributed by atoms with Crippen LogP contribution in [0.3, 0.4) is 0 Å². The van der Waals surface area contributed by atoms with E-state index in [-0.39, 0.29) is 16.6 Å². The maximum absolute atomic E-state index is 12.5. The van der Waals surface area contributed by atoms with E-state index >= 15 is 0 Å². The van der Waals surface area contributed by atoms with Gasteiger partial charge in [0.2, 0.25) is 0 Å². The lowest BCUT2D eigenvalue weighted by Crippen LogP contribution is -2.40.